The molecule has 0 aromatic heterocycles. The van der Waals surface area contributed by atoms with Gasteiger partial charge < -0.3 is 14.4 Å². The van der Waals surface area contributed by atoms with E-state index >= 15 is 0 Å². The second-order valence-corrected chi connectivity index (χ2v) is 4.55. The standard InChI is InChI=1S/C10H16FNO3/c1-10(2)12-7(5-15-10)6(4-14-3)8(11)9(12)13/h6-8H,4-5H2,1-3H3. The molecule has 2 rings (SSSR count). The first kappa shape index (κ1) is 10.8. The van der Waals surface area contributed by atoms with Gasteiger partial charge in [-0.25, -0.2) is 4.39 Å². The number of halogens is 1. The van der Waals surface area contributed by atoms with E-state index < -0.39 is 23.7 Å². The normalized spacial score (nSPS) is 38.5. The average molecular weight is 217 g/mol. The number of fused-ring (bicyclic) bond motifs is 1. The monoisotopic (exact) mass is 217 g/mol. The Morgan fingerprint density at radius 1 is 1.67 bits per heavy atom. The fourth-order valence-corrected chi connectivity index (χ4v) is 2.48. The van der Waals surface area contributed by atoms with Crippen molar-refractivity contribution in [2.45, 2.75) is 31.8 Å². The summed E-state index contributed by atoms with van der Waals surface area (Å²) >= 11 is 0. The Bertz CT molecular complexity index is 282. The van der Waals surface area contributed by atoms with Crippen LogP contribution < -0.4 is 0 Å². The summed E-state index contributed by atoms with van der Waals surface area (Å²) in [6.45, 7) is 4.22. The summed E-state index contributed by atoms with van der Waals surface area (Å²) in [5.41, 5.74) is -0.686. The number of carbonyl (C=O) groups excluding carboxylic acids is 1. The van der Waals surface area contributed by atoms with Crippen LogP contribution in [0.5, 0.6) is 0 Å². The van der Waals surface area contributed by atoms with Gasteiger partial charge in [0, 0.05) is 13.0 Å². The molecule has 0 aromatic carbocycles. The van der Waals surface area contributed by atoms with Crippen molar-refractivity contribution in [3.8, 4) is 0 Å². The van der Waals surface area contributed by atoms with Crippen molar-refractivity contribution in [3.05, 3.63) is 0 Å². The lowest BCUT2D eigenvalue weighted by Crippen LogP contribution is -2.44. The van der Waals surface area contributed by atoms with Crippen LogP contribution >= 0.6 is 0 Å². The van der Waals surface area contributed by atoms with Gasteiger partial charge >= 0.3 is 0 Å². The zero-order chi connectivity index (χ0) is 11.2. The summed E-state index contributed by atoms with van der Waals surface area (Å²) in [7, 11) is 1.51. The third kappa shape index (κ3) is 1.45. The first-order valence-electron chi connectivity index (χ1n) is 5.09. The van der Waals surface area contributed by atoms with Gasteiger partial charge in [0.05, 0.1) is 19.3 Å². The van der Waals surface area contributed by atoms with Crippen LogP contribution in [0.4, 0.5) is 4.39 Å². The Labute approximate surface area is 88.3 Å². The number of hydrogen-bond acceptors (Lipinski definition) is 3. The maximum atomic E-state index is 13.7. The number of methoxy groups -OCH3 is 1. The Hall–Kier alpha value is -0.680. The highest BCUT2D eigenvalue weighted by Gasteiger charge is 2.57. The fourth-order valence-electron chi connectivity index (χ4n) is 2.48. The molecule has 4 nitrogen and oxygen atoms in total. The summed E-state index contributed by atoms with van der Waals surface area (Å²) in [6, 6.07) is -0.178. The van der Waals surface area contributed by atoms with E-state index in [1.807, 2.05) is 0 Å². The van der Waals surface area contributed by atoms with Crippen molar-refractivity contribution in [2.75, 3.05) is 20.3 Å². The van der Waals surface area contributed by atoms with Gasteiger partial charge in [-0.3, -0.25) is 4.79 Å². The Morgan fingerprint density at radius 3 is 2.93 bits per heavy atom. The maximum Gasteiger partial charge on any atom is 0.260 e. The van der Waals surface area contributed by atoms with Crippen molar-refractivity contribution in [1.82, 2.24) is 4.90 Å². The molecule has 3 atom stereocenters. The first-order chi connectivity index (χ1) is 6.99. The highest BCUT2D eigenvalue weighted by atomic mass is 19.1. The van der Waals surface area contributed by atoms with Crippen LogP contribution in [-0.2, 0) is 14.3 Å². The molecule has 0 aromatic rings. The summed E-state index contributed by atoms with van der Waals surface area (Å²) in [4.78, 5) is 13.2. The minimum atomic E-state index is -1.45. The molecule has 0 spiro atoms. The highest BCUT2D eigenvalue weighted by Crippen LogP contribution is 2.39. The first-order valence-corrected chi connectivity index (χ1v) is 5.09. The molecular formula is C10H16FNO3. The largest absolute Gasteiger partial charge is 0.384 e. The molecule has 2 heterocycles. The Balaban J connectivity index is 2.24. The molecule has 0 bridgehead atoms. The van der Waals surface area contributed by atoms with Crippen molar-refractivity contribution in [1.29, 1.82) is 0 Å². The predicted octanol–water partition coefficient (Wildman–Crippen LogP) is 0.564. The van der Waals surface area contributed by atoms with Gasteiger partial charge in [-0.05, 0) is 13.8 Å². The van der Waals surface area contributed by atoms with Crippen molar-refractivity contribution < 1.29 is 18.7 Å². The molecule has 5 heteroatoms. The topological polar surface area (TPSA) is 38.8 Å². The SMILES string of the molecule is COCC1C(F)C(=O)N2C1COC2(C)C. The lowest BCUT2D eigenvalue weighted by Gasteiger charge is -2.29. The van der Waals surface area contributed by atoms with Crippen molar-refractivity contribution in [3.63, 3.8) is 0 Å². The third-order valence-corrected chi connectivity index (χ3v) is 3.22. The van der Waals surface area contributed by atoms with E-state index in [1.165, 1.54) is 12.0 Å². The molecule has 86 valence electrons. The van der Waals surface area contributed by atoms with E-state index in [1.54, 1.807) is 13.8 Å². The minimum Gasteiger partial charge on any atom is -0.384 e. The molecule has 3 unspecified atom stereocenters. The number of alkyl halides is 1. The molecule has 0 radical (unpaired) electrons. The smallest absolute Gasteiger partial charge is 0.260 e. The number of ether oxygens (including phenoxy) is 2. The van der Waals surface area contributed by atoms with Crippen molar-refractivity contribution >= 4 is 5.91 Å². The summed E-state index contributed by atoms with van der Waals surface area (Å²) < 4.78 is 24.1. The second-order valence-electron chi connectivity index (χ2n) is 4.55. The van der Waals surface area contributed by atoms with Crippen LogP contribution in [0.3, 0.4) is 0 Å². The number of carbonyl (C=O) groups is 1. The zero-order valence-electron chi connectivity index (χ0n) is 9.20. The fraction of sp³-hybridized carbons (Fsp3) is 0.900. The van der Waals surface area contributed by atoms with Gasteiger partial charge in [0.25, 0.3) is 5.91 Å². The third-order valence-electron chi connectivity index (χ3n) is 3.22. The van der Waals surface area contributed by atoms with Gasteiger partial charge in [-0.1, -0.05) is 0 Å². The van der Waals surface area contributed by atoms with E-state index in [-0.39, 0.29) is 12.6 Å². The van der Waals surface area contributed by atoms with E-state index in [0.717, 1.165) is 0 Å². The van der Waals surface area contributed by atoms with E-state index in [4.69, 9.17) is 9.47 Å². The Kier molecular flexibility index (Phi) is 2.47. The molecule has 2 aliphatic heterocycles. The van der Waals surface area contributed by atoms with Gasteiger partial charge in [0.1, 0.15) is 5.72 Å². The number of rotatable bonds is 2. The highest BCUT2D eigenvalue weighted by molar-refractivity contribution is 5.85. The minimum absolute atomic E-state index is 0.178. The maximum absolute atomic E-state index is 13.7. The summed E-state index contributed by atoms with van der Waals surface area (Å²) in [5, 5.41) is 0. The van der Waals surface area contributed by atoms with Gasteiger partial charge in [-0.15, -0.1) is 0 Å². The number of amides is 1. The zero-order valence-corrected chi connectivity index (χ0v) is 9.20. The molecule has 0 N–H and O–H groups in total. The summed E-state index contributed by atoms with van der Waals surface area (Å²) in [5.74, 6) is -0.867. The van der Waals surface area contributed by atoms with E-state index in [0.29, 0.717) is 6.61 Å². The molecule has 1 amide bonds. The number of nitrogens with zero attached hydrogens (tertiary/aromatic N) is 1. The molecule has 0 saturated carbocycles. The van der Waals surface area contributed by atoms with E-state index in [2.05, 4.69) is 0 Å². The molecule has 15 heavy (non-hydrogen) atoms. The molecule has 2 saturated heterocycles. The predicted molar refractivity (Wildman–Crippen MR) is 50.9 cm³/mol. The average Bonchev–Trinajstić information content (AvgIpc) is 2.59. The van der Waals surface area contributed by atoms with Crippen LogP contribution in [0.1, 0.15) is 13.8 Å². The molecular weight excluding hydrogens is 201 g/mol. The summed E-state index contributed by atoms with van der Waals surface area (Å²) in [6.07, 6.45) is -1.45. The van der Waals surface area contributed by atoms with Crippen LogP contribution in [-0.4, -0.2) is 49.1 Å². The molecule has 0 aliphatic carbocycles. The number of hydrogen-bond donors (Lipinski definition) is 0. The Morgan fingerprint density at radius 2 is 2.33 bits per heavy atom. The molecule has 2 fully saturated rings. The second kappa shape index (κ2) is 3.42. The van der Waals surface area contributed by atoms with E-state index in [9.17, 15) is 9.18 Å². The van der Waals surface area contributed by atoms with Crippen LogP contribution in [0, 0.1) is 5.92 Å². The lowest BCUT2D eigenvalue weighted by molar-refractivity contribution is -0.145. The van der Waals surface area contributed by atoms with Gasteiger partial charge in [0.2, 0.25) is 0 Å². The van der Waals surface area contributed by atoms with Crippen LogP contribution in [0.15, 0.2) is 0 Å². The van der Waals surface area contributed by atoms with Gasteiger partial charge in [-0.2, -0.15) is 0 Å². The molecule has 2 aliphatic rings. The lowest BCUT2D eigenvalue weighted by atomic mass is 10.0. The van der Waals surface area contributed by atoms with Crippen LogP contribution in [0.25, 0.3) is 0 Å². The van der Waals surface area contributed by atoms with Crippen molar-refractivity contribution in [2.24, 2.45) is 5.92 Å². The van der Waals surface area contributed by atoms with Gasteiger partial charge in [0.15, 0.2) is 6.17 Å². The quantitative estimate of drug-likeness (QED) is 0.678. The van der Waals surface area contributed by atoms with Crippen LogP contribution in [0.2, 0.25) is 0 Å².